The summed E-state index contributed by atoms with van der Waals surface area (Å²) in [6, 6.07) is 1.77. The van der Waals surface area contributed by atoms with E-state index in [9.17, 15) is 0 Å². The second kappa shape index (κ2) is 4.26. The number of fused-ring (bicyclic) bond motifs is 1. The number of hydrogen-bond acceptors (Lipinski definition) is 3. The third kappa shape index (κ3) is 1.80. The summed E-state index contributed by atoms with van der Waals surface area (Å²) in [5, 5.41) is 4.70. The van der Waals surface area contributed by atoms with Gasteiger partial charge in [0.25, 0.3) is 0 Å². The third-order valence-corrected chi connectivity index (χ3v) is 4.89. The van der Waals surface area contributed by atoms with Gasteiger partial charge in [0, 0.05) is 31.4 Å². The molecule has 3 heterocycles. The Bertz CT molecular complexity index is 475. The molecule has 0 bridgehead atoms. The van der Waals surface area contributed by atoms with Gasteiger partial charge in [0.15, 0.2) is 0 Å². The minimum Gasteiger partial charge on any atom is -0.350 e. The van der Waals surface area contributed by atoms with Crippen LogP contribution in [0.4, 0.5) is 5.82 Å². The molecule has 0 radical (unpaired) electrons. The zero-order valence-electron chi connectivity index (χ0n) is 10.6. The number of rotatable bonds is 1. The van der Waals surface area contributed by atoms with E-state index in [4.69, 9.17) is 23.2 Å². The molecule has 1 N–H and O–H groups in total. The molecule has 1 aromatic heterocycles. The molecule has 2 fully saturated rings. The Morgan fingerprint density at radius 3 is 2.83 bits per heavy atom. The molecule has 0 aliphatic carbocycles. The minimum absolute atomic E-state index is 0.0820. The van der Waals surface area contributed by atoms with Gasteiger partial charge >= 0.3 is 0 Å². The van der Waals surface area contributed by atoms with Crippen LogP contribution in [0.1, 0.15) is 13.8 Å². The van der Waals surface area contributed by atoms with Gasteiger partial charge in [-0.1, -0.05) is 23.2 Å². The number of nitrogens with zero attached hydrogens (tertiary/aromatic N) is 2. The molecule has 0 saturated carbocycles. The maximum Gasteiger partial charge on any atom is 0.147 e. The Morgan fingerprint density at radius 2 is 2.17 bits per heavy atom. The van der Waals surface area contributed by atoms with Gasteiger partial charge in [-0.3, -0.25) is 0 Å². The normalized spacial score (nSPS) is 29.7. The summed E-state index contributed by atoms with van der Waals surface area (Å²) < 4.78 is 0. The Labute approximate surface area is 117 Å². The predicted octanol–water partition coefficient (Wildman–Crippen LogP) is 2.82. The van der Waals surface area contributed by atoms with E-state index < -0.39 is 0 Å². The first kappa shape index (κ1) is 12.5. The van der Waals surface area contributed by atoms with Crippen molar-refractivity contribution >= 4 is 29.0 Å². The highest BCUT2D eigenvalue weighted by Gasteiger charge is 2.50. The van der Waals surface area contributed by atoms with Crippen LogP contribution >= 0.6 is 23.2 Å². The number of nitrogens with one attached hydrogen (secondary N) is 1. The van der Waals surface area contributed by atoms with Gasteiger partial charge in [-0.25, -0.2) is 4.98 Å². The molecule has 3 rings (SSSR count). The SMILES string of the molecule is CC1(C)C2CNCC2CN1c1ncc(Cl)cc1Cl. The van der Waals surface area contributed by atoms with E-state index in [1.807, 2.05) is 0 Å². The molecule has 2 unspecified atom stereocenters. The lowest BCUT2D eigenvalue weighted by molar-refractivity contribution is 0.356. The van der Waals surface area contributed by atoms with Gasteiger partial charge < -0.3 is 10.2 Å². The molecule has 0 aromatic carbocycles. The molecule has 98 valence electrons. The lowest BCUT2D eigenvalue weighted by Gasteiger charge is -2.36. The monoisotopic (exact) mass is 285 g/mol. The van der Waals surface area contributed by atoms with Gasteiger partial charge in [0.2, 0.25) is 0 Å². The van der Waals surface area contributed by atoms with E-state index in [-0.39, 0.29) is 5.54 Å². The number of aromatic nitrogens is 1. The molecule has 2 saturated heterocycles. The van der Waals surface area contributed by atoms with Crippen LogP contribution in [0, 0.1) is 11.8 Å². The van der Waals surface area contributed by atoms with Crippen molar-refractivity contribution < 1.29 is 0 Å². The highest BCUT2D eigenvalue weighted by atomic mass is 35.5. The van der Waals surface area contributed by atoms with E-state index >= 15 is 0 Å². The van der Waals surface area contributed by atoms with Crippen LogP contribution in [0.25, 0.3) is 0 Å². The zero-order valence-corrected chi connectivity index (χ0v) is 12.1. The lowest BCUT2D eigenvalue weighted by atomic mass is 9.85. The topological polar surface area (TPSA) is 28.2 Å². The largest absolute Gasteiger partial charge is 0.350 e. The molecule has 5 heteroatoms. The molecule has 18 heavy (non-hydrogen) atoms. The molecule has 2 aliphatic rings. The number of halogens is 2. The molecule has 3 nitrogen and oxygen atoms in total. The number of anilines is 1. The molecular weight excluding hydrogens is 269 g/mol. The Balaban J connectivity index is 1.97. The summed E-state index contributed by atoms with van der Waals surface area (Å²) in [4.78, 5) is 6.76. The van der Waals surface area contributed by atoms with Crippen molar-refractivity contribution in [3.05, 3.63) is 22.3 Å². The quantitative estimate of drug-likeness (QED) is 0.860. The fraction of sp³-hybridized carbons (Fsp3) is 0.615. The van der Waals surface area contributed by atoms with Crippen molar-refractivity contribution in [1.82, 2.24) is 10.3 Å². The van der Waals surface area contributed by atoms with Crippen molar-refractivity contribution in [2.45, 2.75) is 19.4 Å². The maximum atomic E-state index is 6.29. The van der Waals surface area contributed by atoms with Gasteiger partial charge in [0.05, 0.1) is 10.0 Å². The predicted molar refractivity (Wildman–Crippen MR) is 75.5 cm³/mol. The lowest BCUT2D eigenvalue weighted by Crippen LogP contribution is -2.45. The van der Waals surface area contributed by atoms with E-state index in [2.05, 4.69) is 29.0 Å². The average Bonchev–Trinajstić information content (AvgIpc) is 2.82. The van der Waals surface area contributed by atoms with E-state index in [0.29, 0.717) is 21.9 Å². The van der Waals surface area contributed by atoms with Crippen molar-refractivity contribution in [2.24, 2.45) is 11.8 Å². The van der Waals surface area contributed by atoms with Gasteiger partial charge in [-0.2, -0.15) is 0 Å². The first-order valence-electron chi connectivity index (χ1n) is 6.29. The van der Waals surface area contributed by atoms with Crippen LogP contribution in [0.2, 0.25) is 10.0 Å². The standard InChI is InChI=1S/C13H17Cl2N3/c1-13(2)10-6-16-4-8(10)7-18(13)12-11(15)3-9(14)5-17-12/h3,5,8,10,16H,4,6-7H2,1-2H3. The summed E-state index contributed by atoms with van der Waals surface area (Å²) in [6.07, 6.45) is 1.67. The highest BCUT2D eigenvalue weighted by molar-refractivity contribution is 6.36. The van der Waals surface area contributed by atoms with Crippen LogP contribution in [0.5, 0.6) is 0 Å². The molecule has 1 aromatic rings. The summed E-state index contributed by atoms with van der Waals surface area (Å²) in [5.74, 6) is 2.21. The molecule has 0 spiro atoms. The van der Waals surface area contributed by atoms with Crippen molar-refractivity contribution in [3.63, 3.8) is 0 Å². The van der Waals surface area contributed by atoms with Gasteiger partial charge in [-0.15, -0.1) is 0 Å². The minimum atomic E-state index is 0.0820. The zero-order chi connectivity index (χ0) is 12.9. The summed E-state index contributed by atoms with van der Waals surface area (Å²) in [7, 11) is 0. The second-order valence-corrected chi connectivity index (χ2v) is 6.59. The number of hydrogen-bond donors (Lipinski definition) is 1. The maximum absolute atomic E-state index is 6.29. The van der Waals surface area contributed by atoms with Crippen LogP contribution in [0.15, 0.2) is 12.3 Å². The molecular formula is C13H17Cl2N3. The highest BCUT2D eigenvalue weighted by Crippen LogP contribution is 2.44. The fourth-order valence-electron chi connectivity index (χ4n) is 3.39. The van der Waals surface area contributed by atoms with Crippen LogP contribution in [0.3, 0.4) is 0 Å². The van der Waals surface area contributed by atoms with Crippen LogP contribution < -0.4 is 10.2 Å². The molecule has 0 amide bonds. The summed E-state index contributed by atoms with van der Waals surface area (Å²) >= 11 is 12.2. The fourth-order valence-corrected chi connectivity index (χ4v) is 3.87. The van der Waals surface area contributed by atoms with E-state index in [1.165, 1.54) is 0 Å². The smallest absolute Gasteiger partial charge is 0.147 e. The third-order valence-electron chi connectivity index (χ3n) is 4.40. The first-order valence-corrected chi connectivity index (χ1v) is 7.05. The van der Waals surface area contributed by atoms with Gasteiger partial charge in [-0.05, 0) is 31.7 Å². The Hall–Kier alpha value is -0.510. The van der Waals surface area contributed by atoms with Crippen LogP contribution in [-0.4, -0.2) is 30.2 Å². The van der Waals surface area contributed by atoms with Crippen molar-refractivity contribution in [3.8, 4) is 0 Å². The van der Waals surface area contributed by atoms with Crippen molar-refractivity contribution in [2.75, 3.05) is 24.5 Å². The Morgan fingerprint density at radius 1 is 1.39 bits per heavy atom. The first-order chi connectivity index (χ1) is 8.50. The van der Waals surface area contributed by atoms with Crippen LogP contribution in [-0.2, 0) is 0 Å². The van der Waals surface area contributed by atoms with E-state index in [1.54, 1.807) is 12.3 Å². The second-order valence-electron chi connectivity index (χ2n) is 5.75. The summed E-state index contributed by atoms with van der Waals surface area (Å²) in [5.41, 5.74) is 0.0820. The average molecular weight is 286 g/mol. The van der Waals surface area contributed by atoms with E-state index in [0.717, 1.165) is 25.5 Å². The number of pyridine rings is 1. The Kier molecular flexibility index (Phi) is 2.96. The molecule has 2 aliphatic heterocycles. The summed E-state index contributed by atoms with van der Waals surface area (Å²) in [6.45, 7) is 7.74. The van der Waals surface area contributed by atoms with Crippen molar-refractivity contribution in [1.29, 1.82) is 0 Å². The molecule has 2 atom stereocenters. The van der Waals surface area contributed by atoms with Gasteiger partial charge in [0.1, 0.15) is 5.82 Å².